The van der Waals surface area contributed by atoms with E-state index in [2.05, 4.69) is 36.9 Å². The van der Waals surface area contributed by atoms with Gasteiger partial charge in [-0.3, -0.25) is 0 Å². The summed E-state index contributed by atoms with van der Waals surface area (Å²) in [6.07, 6.45) is 4.66. The summed E-state index contributed by atoms with van der Waals surface area (Å²) in [7, 11) is 5.25. The average Bonchev–Trinajstić information content (AvgIpc) is 2.96. The average molecular weight is 444 g/mol. The molecule has 0 spiro atoms. The summed E-state index contributed by atoms with van der Waals surface area (Å²) in [5, 5.41) is 0. The second-order valence-electron chi connectivity index (χ2n) is 10.5. The van der Waals surface area contributed by atoms with Crippen molar-refractivity contribution in [2.24, 2.45) is 0 Å². The van der Waals surface area contributed by atoms with Crippen LogP contribution in [0.25, 0.3) is 0 Å². The maximum absolute atomic E-state index is 12.7. The highest BCUT2D eigenvalue weighted by atomic mass is 16.7. The molecule has 1 saturated carbocycles. The second-order valence-corrected chi connectivity index (χ2v) is 10.5. The molecule has 1 heterocycles. The second kappa shape index (κ2) is 9.36. The molecule has 3 rings (SSSR count). The minimum absolute atomic E-state index is 0.325. The highest BCUT2D eigenvalue weighted by Gasteiger charge is 2.52. The Hall–Kier alpha value is -1.57. The fourth-order valence-electron chi connectivity index (χ4n) is 4.97. The van der Waals surface area contributed by atoms with Crippen molar-refractivity contribution in [1.82, 2.24) is 4.90 Å². The number of hydrogen-bond donors (Lipinski definition) is 0. The molecule has 0 radical (unpaired) electrons. The van der Waals surface area contributed by atoms with Gasteiger partial charge in [-0.1, -0.05) is 0 Å². The minimum Gasteiger partial charge on any atom is -0.465 e. The molecule has 0 bridgehead atoms. The van der Waals surface area contributed by atoms with Crippen LogP contribution in [-0.4, -0.2) is 69.0 Å². The molecule has 0 aromatic heterocycles. The molecule has 6 nitrogen and oxygen atoms in total. The number of hydrogen-bond acceptors (Lipinski definition) is 6. The number of anilines is 1. The zero-order valence-electron chi connectivity index (χ0n) is 21.4. The number of benzene rings is 1. The maximum atomic E-state index is 12.7. The molecule has 1 aliphatic heterocycles. The molecule has 0 amide bonds. The zero-order valence-corrected chi connectivity index (χ0v) is 21.4. The minimum atomic E-state index is -0.522. The largest absolute Gasteiger partial charge is 0.494 e. The first kappa shape index (κ1) is 25.1. The van der Waals surface area contributed by atoms with Gasteiger partial charge in [-0.2, -0.15) is 0 Å². The third-order valence-electron chi connectivity index (χ3n) is 7.82. The SMILES string of the molecule is CCN(c1cc(B2OC(C)(C)C(C)(C)O2)cc(C(=O)OC)c1C)[C@H]1CC[C@H](N(C)C)CC1. The number of esters is 1. The molecular weight excluding hydrogens is 403 g/mol. The molecule has 1 aromatic rings. The van der Waals surface area contributed by atoms with Crippen molar-refractivity contribution in [2.75, 3.05) is 32.6 Å². The molecule has 0 unspecified atom stereocenters. The lowest BCUT2D eigenvalue weighted by molar-refractivity contribution is 0.00578. The van der Waals surface area contributed by atoms with Gasteiger partial charge in [0.25, 0.3) is 0 Å². The van der Waals surface area contributed by atoms with Crippen molar-refractivity contribution in [2.45, 2.75) is 90.5 Å². The van der Waals surface area contributed by atoms with Crippen molar-refractivity contribution in [3.8, 4) is 0 Å². The zero-order chi connectivity index (χ0) is 23.8. The third kappa shape index (κ3) is 4.71. The summed E-state index contributed by atoms with van der Waals surface area (Å²) < 4.78 is 17.8. The van der Waals surface area contributed by atoms with E-state index in [1.807, 2.05) is 40.7 Å². The van der Waals surface area contributed by atoms with E-state index in [1.165, 1.54) is 20.0 Å². The highest BCUT2D eigenvalue weighted by molar-refractivity contribution is 6.62. The monoisotopic (exact) mass is 444 g/mol. The van der Waals surface area contributed by atoms with Gasteiger partial charge in [-0.05, 0) is 104 Å². The quantitative estimate of drug-likeness (QED) is 0.492. The molecule has 1 aliphatic carbocycles. The van der Waals surface area contributed by atoms with Crippen molar-refractivity contribution in [3.63, 3.8) is 0 Å². The summed E-state index contributed by atoms with van der Waals surface area (Å²) in [6.45, 7) is 13.3. The Morgan fingerprint density at radius 2 is 1.59 bits per heavy atom. The van der Waals surface area contributed by atoms with Crippen molar-refractivity contribution >= 4 is 24.2 Å². The van der Waals surface area contributed by atoms with Crippen molar-refractivity contribution in [3.05, 3.63) is 23.3 Å². The number of ether oxygens (including phenoxy) is 1. The van der Waals surface area contributed by atoms with Gasteiger partial charge in [0.2, 0.25) is 0 Å². The normalized spacial score (nSPS) is 24.6. The van der Waals surface area contributed by atoms with Crippen molar-refractivity contribution < 1.29 is 18.8 Å². The van der Waals surface area contributed by atoms with E-state index < -0.39 is 18.3 Å². The Balaban J connectivity index is 1.99. The van der Waals surface area contributed by atoms with Gasteiger partial charge in [-0.15, -0.1) is 0 Å². The lowest BCUT2D eigenvalue weighted by atomic mass is 9.77. The Labute approximate surface area is 194 Å². The number of carbonyl (C=O) groups is 1. The first-order chi connectivity index (χ1) is 14.9. The van der Waals surface area contributed by atoms with E-state index in [-0.39, 0.29) is 5.97 Å². The standard InChI is InChI=1S/C25H41BN2O4/c1-10-28(20-13-11-19(12-14-20)27(7)8)22-16-18(15-21(17(22)2)23(29)30-9)26-31-24(3,4)25(5,6)32-26/h15-16,19-20H,10-14H2,1-9H3/t19-,20-. The predicted octanol–water partition coefficient (Wildman–Crippen LogP) is 3.78. The van der Waals surface area contributed by atoms with E-state index in [9.17, 15) is 4.79 Å². The molecule has 7 heteroatoms. The number of rotatable bonds is 6. The smallest absolute Gasteiger partial charge is 0.465 e. The van der Waals surface area contributed by atoms with Gasteiger partial charge in [0.1, 0.15) is 0 Å². The summed E-state index contributed by atoms with van der Waals surface area (Å²) in [4.78, 5) is 17.5. The van der Waals surface area contributed by atoms with Crippen LogP contribution in [0.2, 0.25) is 0 Å². The summed E-state index contributed by atoms with van der Waals surface area (Å²) >= 11 is 0. The van der Waals surface area contributed by atoms with E-state index in [1.54, 1.807) is 0 Å². The molecule has 32 heavy (non-hydrogen) atoms. The van der Waals surface area contributed by atoms with Crippen molar-refractivity contribution in [1.29, 1.82) is 0 Å². The third-order valence-corrected chi connectivity index (χ3v) is 7.82. The number of carbonyl (C=O) groups excluding carboxylic acids is 1. The topological polar surface area (TPSA) is 51.2 Å². The summed E-state index contributed by atoms with van der Waals surface area (Å²) in [6, 6.07) is 5.14. The van der Waals surface area contributed by atoms with Gasteiger partial charge in [0, 0.05) is 24.3 Å². The van der Waals surface area contributed by atoms with Crippen LogP contribution in [0.4, 0.5) is 5.69 Å². The van der Waals surface area contributed by atoms with E-state index in [0.29, 0.717) is 17.6 Å². The Kier molecular flexibility index (Phi) is 7.33. The Morgan fingerprint density at radius 1 is 1.06 bits per heavy atom. The van der Waals surface area contributed by atoms with Gasteiger partial charge in [0.15, 0.2) is 0 Å². The fraction of sp³-hybridized carbons (Fsp3) is 0.720. The Bertz CT molecular complexity index is 815. The van der Waals surface area contributed by atoms with Crippen LogP contribution in [0.1, 0.15) is 76.2 Å². The summed E-state index contributed by atoms with van der Waals surface area (Å²) in [5.74, 6) is -0.325. The summed E-state index contributed by atoms with van der Waals surface area (Å²) in [5.41, 5.74) is 2.59. The molecule has 0 N–H and O–H groups in total. The van der Waals surface area contributed by atoms with Gasteiger partial charge in [-0.25, -0.2) is 4.79 Å². The first-order valence-electron chi connectivity index (χ1n) is 11.9. The Morgan fingerprint density at radius 3 is 2.06 bits per heavy atom. The molecule has 2 fully saturated rings. The molecule has 178 valence electrons. The van der Waals surface area contributed by atoms with E-state index >= 15 is 0 Å². The highest BCUT2D eigenvalue weighted by Crippen LogP contribution is 2.38. The van der Waals surface area contributed by atoms with Gasteiger partial charge < -0.3 is 23.8 Å². The van der Waals surface area contributed by atoms with Crippen LogP contribution >= 0.6 is 0 Å². The maximum Gasteiger partial charge on any atom is 0.494 e. The predicted molar refractivity (Wildman–Crippen MR) is 131 cm³/mol. The lowest BCUT2D eigenvalue weighted by Crippen LogP contribution is -2.43. The lowest BCUT2D eigenvalue weighted by Gasteiger charge is -2.40. The van der Waals surface area contributed by atoms with E-state index in [4.69, 9.17) is 14.0 Å². The van der Waals surface area contributed by atoms with E-state index in [0.717, 1.165) is 36.1 Å². The number of methoxy groups -OCH3 is 1. The van der Waals surface area contributed by atoms with Crippen LogP contribution < -0.4 is 10.4 Å². The molecule has 0 atom stereocenters. The van der Waals surface area contributed by atoms with Crippen LogP contribution in [0.15, 0.2) is 12.1 Å². The number of nitrogens with zero attached hydrogens (tertiary/aromatic N) is 2. The molecule has 1 aromatic carbocycles. The van der Waals surface area contributed by atoms with Gasteiger partial charge in [0.05, 0.1) is 23.9 Å². The molecule has 2 aliphatic rings. The van der Waals surface area contributed by atoms with Crippen LogP contribution in [0.5, 0.6) is 0 Å². The molecule has 1 saturated heterocycles. The fourth-order valence-corrected chi connectivity index (χ4v) is 4.97. The molecular formula is C25H41BN2O4. The van der Waals surface area contributed by atoms with Crippen LogP contribution in [0, 0.1) is 6.92 Å². The first-order valence-corrected chi connectivity index (χ1v) is 11.9. The van der Waals surface area contributed by atoms with Crippen LogP contribution in [0.3, 0.4) is 0 Å². The van der Waals surface area contributed by atoms with Gasteiger partial charge >= 0.3 is 13.1 Å². The van der Waals surface area contributed by atoms with Crippen LogP contribution in [-0.2, 0) is 14.0 Å².